The molecule has 96 valence electrons. The minimum Gasteiger partial charge on any atom is -0.378 e. The van der Waals surface area contributed by atoms with Crippen LogP contribution in [-0.2, 0) is 20.0 Å². The van der Waals surface area contributed by atoms with Gasteiger partial charge in [-0.3, -0.25) is 4.79 Å². The Balaban J connectivity index is 2.16. The molecule has 0 unspecified atom stereocenters. The SMILES string of the molecule is CCc1ccsc1CNc1cnn(C)c(=O)c1Br. The summed E-state index contributed by atoms with van der Waals surface area (Å²) in [7, 11) is 1.63. The molecule has 2 heterocycles. The molecule has 18 heavy (non-hydrogen) atoms. The minimum atomic E-state index is -0.137. The van der Waals surface area contributed by atoms with Crippen LogP contribution < -0.4 is 10.9 Å². The van der Waals surface area contributed by atoms with Crippen molar-refractivity contribution in [2.75, 3.05) is 5.32 Å². The summed E-state index contributed by atoms with van der Waals surface area (Å²) in [6, 6.07) is 2.14. The van der Waals surface area contributed by atoms with Gasteiger partial charge in [-0.1, -0.05) is 6.92 Å². The summed E-state index contributed by atoms with van der Waals surface area (Å²) in [5.41, 5.74) is 1.94. The Hall–Kier alpha value is -1.14. The van der Waals surface area contributed by atoms with Gasteiger partial charge in [-0.05, 0) is 39.4 Å². The van der Waals surface area contributed by atoms with Gasteiger partial charge in [0.05, 0.1) is 11.9 Å². The highest BCUT2D eigenvalue weighted by Crippen LogP contribution is 2.21. The molecule has 0 radical (unpaired) electrons. The van der Waals surface area contributed by atoms with E-state index in [9.17, 15) is 4.79 Å². The number of halogens is 1. The predicted molar refractivity (Wildman–Crippen MR) is 78.2 cm³/mol. The molecule has 0 saturated heterocycles. The molecule has 4 nitrogen and oxygen atoms in total. The summed E-state index contributed by atoms with van der Waals surface area (Å²) in [6.07, 6.45) is 2.68. The molecule has 2 rings (SSSR count). The van der Waals surface area contributed by atoms with E-state index in [-0.39, 0.29) is 5.56 Å². The number of nitrogens with one attached hydrogen (secondary N) is 1. The summed E-state index contributed by atoms with van der Waals surface area (Å²) in [4.78, 5) is 13.0. The second kappa shape index (κ2) is 5.67. The van der Waals surface area contributed by atoms with E-state index in [2.05, 4.69) is 44.7 Å². The molecule has 0 spiro atoms. The molecular weight excluding hydrogens is 314 g/mol. The number of aromatic nitrogens is 2. The fraction of sp³-hybridized carbons (Fsp3) is 0.333. The number of rotatable bonds is 4. The number of thiophene rings is 1. The van der Waals surface area contributed by atoms with Crippen LogP contribution in [0, 0.1) is 0 Å². The van der Waals surface area contributed by atoms with Crippen LogP contribution in [0.3, 0.4) is 0 Å². The van der Waals surface area contributed by atoms with Gasteiger partial charge >= 0.3 is 0 Å². The smallest absolute Gasteiger partial charge is 0.282 e. The van der Waals surface area contributed by atoms with Gasteiger partial charge < -0.3 is 5.32 Å². The molecule has 0 aliphatic heterocycles. The van der Waals surface area contributed by atoms with Gasteiger partial charge in [-0.15, -0.1) is 11.3 Å². The first kappa shape index (κ1) is 13.3. The zero-order valence-corrected chi connectivity index (χ0v) is 12.6. The van der Waals surface area contributed by atoms with E-state index in [1.165, 1.54) is 15.1 Å². The Bertz CT molecular complexity index is 606. The third kappa shape index (κ3) is 2.64. The van der Waals surface area contributed by atoms with Crippen molar-refractivity contribution in [2.45, 2.75) is 19.9 Å². The molecule has 2 aromatic rings. The average Bonchev–Trinajstić information content (AvgIpc) is 2.82. The van der Waals surface area contributed by atoms with Crippen LogP contribution in [0.1, 0.15) is 17.4 Å². The molecule has 0 aromatic carbocycles. The zero-order valence-electron chi connectivity index (χ0n) is 10.2. The Morgan fingerprint density at radius 3 is 3.06 bits per heavy atom. The van der Waals surface area contributed by atoms with Gasteiger partial charge in [0.15, 0.2) is 0 Å². The van der Waals surface area contributed by atoms with E-state index in [1.807, 2.05) is 0 Å². The number of hydrogen-bond donors (Lipinski definition) is 1. The van der Waals surface area contributed by atoms with E-state index in [0.29, 0.717) is 11.0 Å². The van der Waals surface area contributed by atoms with Crippen LogP contribution in [0.2, 0.25) is 0 Å². The molecule has 0 amide bonds. The lowest BCUT2D eigenvalue weighted by Gasteiger charge is -2.08. The first-order valence-corrected chi connectivity index (χ1v) is 7.31. The molecule has 1 N–H and O–H groups in total. The van der Waals surface area contributed by atoms with Crippen molar-refractivity contribution in [3.63, 3.8) is 0 Å². The fourth-order valence-corrected chi connectivity index (χ4v) is 3.06. The Labute approximate surface area is 118 Å². The van der Waals surface area contributed by atoms with E-state index >= 15 is 0 Å². The van der Waals surface area contributed by atoms with E-state index in [1.54, 1.807) is 24.6 Å². The first-order chi connectivity index (χ1) is 8.63. The van der Waals surface area contributed by atoms with E-state index in [0.717, 1.165) is 12.1 Å². The topological polar surface area (TPSA) is 46.9 Å². The summed E-state index contributed by atoms with van der Waals surface area (Å²) >= 11 is 5.02. The van der Waals surface area contributed by atoms with Crippen LogP contribution >= 0.6 is 27.3 Å². The van der Waals surface area contributed by atoms with Gasteiger partial charge in [-0.25, -0.2) is 4.68 Å². The molecule has 6 heteroatoms. The summed E-state index contributed by atoms with van der Waals surface area (Å²) < 4.78 is 1.83. The second-order valence-corrected chi connectivity index (χ2v) is 5.67. The second-order valence-electron chi connectivity index (χ2n) is 3.88. The summed E-state index contributed by atoms with van der Waals surface area (Å²) in [6.45, 7) is 2.86. The maximum Gasteiger partial charge on any atom is 0.282 e. The number of nitrogens with zero attached hydrogens (tertiary/aromatic N) is 2. The van der Waals surface area contributed by atoms with Crippen molar-refractivity contribution in [3.05, 3.63) is 42.9 Å². The normalized spacial score (nSPS) is 10.6. The lowest BCUT2D eigenvalue weighted by atomic mass is 10.2. The molecular formula is C12H14BrN3OS. The Morgan fingerprint density at radius 1 is 1.56 bits per heavy atom. The van der Waals surface area contributed by atoms with Gasteiger partial charge in [-0.2, -0.15) is 5.10 Å². The molecule has 0 aliphatic carbocycles. The third-order valence-corrected chi connectivity index (χ3v) is 4.47. The molecule has 0 atom stereocenters. The average molecular weight is 328 g/mol. The number of aryl methyl sites for hydroxylation is 2. The number of anilines is 1. The quantitative estimate of drug-likeness (QED) is 0.939. The third-order valence-electron chi connectivity index (χ3n) is 2.74. The minimum absolute atomic E-state index is 0.137. The molecule has 0 bridgehead atoms. The maximum absolute atomic E-state index is 11.7. The van der Waals surface area contributed by atoms with Crippen LogP contribution in [0.4, 0.5) is 5.69 Å². The van der Waals surface area contributed by atoms with Crippen molar-refractivity contribution in [2.24, 2.45) is 7.05 Å². The Kier molecular flexibility index (Phi) is 4.19. The first-order valence-electron chi connectivity index (χ1n) is 5.64. The van der Waals surface area contributed by atoms with Crippen LogP contribution in [0.25, 0.3) is 0 Å². The van der Waals surface area contributed by atoms with Gasteiger partial charge in [0, 0.05) is 18.5 Å². The van der Waals surface area contributed by atoms with Crippen LogP contribution in [0.5, 0.6) is 0 Å². The van der Waals surface area contributed by atoms with Gasteiger partial charge in [0.25, 0.3) is 5.56 Å². The number of hydrogen-bond acceptors (Lipinski definition) is 4. The van der Waals surface area contributed by atoms with Crippen LogP contribution in [-0.4, -0.2) is 9.78 Å². The van der Waals surface area contributed by atoms with Crippen molar-refractivity contribution in [3.8, 4) is 0 Å². The lowest BCUT2D eigenvalue weighted by Crippen LogP contribution is -2.21. The largest absolute Gasteiger partial charge is 0.378 e. The standard InChI is InChI=1S/C12H14BrN3OS/c1-3-8-4-5-18-10(8)7-14-9-6-15-16(2)12(17)11(9)13/h4-6,14H,3,7H2,1-2H3. The molecule has 0 fully saturated rings. The molecule has 0 saturated carbocycles. The highest BCUT2D eigenvalue weighted by atomic mass is 79.9. The van der Waals surface area contributed by atoms with Crippen molar-refractivity contribution in [1.29, 1.82) is 0 Å². The van der Waals surface area contributed by atoms with Crippen molar-refractivity contribution in [1.82, 2.24) is 9.78 Å². The van der Waals surface area contributed by atoms with E-state index in [4.69, 9.17) is 0 Å². The van der Waals surface area contributed by atoms with Gasteiger partial charge in [0.1, 0.15) is 4.47 Å². The van der Waals surface area contributed by atoms with Gasteiger partial charge in [0.2, 0.25) is 0 Å². The zero-order chi connectivity index (χ0) is 13.1. The monoisotopic (exact) mass is 327 g/mol. The predicted octanol–water partition coefficient (Wildman–Crippen LogP) is 2.78. The highest BCUT2D eigenvalue weighted by Gasteiger charge is 2.08. The molecule has 2 aromatic heterocycles. The van der Waals surface area contributed by atoms with Crippen molar-refractivity contribution >= 4 is 33.0 Å². The fourth-order valence-electron chi connectivity index (χ4n) is 1.65. The van der Waals surface area contributed by atoms with Crippen molar-refractivity contribution < 1.29 is 0 Å². The maximum atomic E-state index is 11.7. The Morgan fingerprint density at radius 2 is 2.33 bits per heavy atom. The van der Waals surface area contributed by atoms with E-state index < -0.39 is 0 Å². The van der Waals surface area contributed by atoms with Crippen LogP contribution in [0.15, 0.2) is 26.9 Å². The lowest BCUT2D eigenvalue weighted by molar-refractivity contribution is 0.703. The molecule has 0 aliphatic rings. The summed E-state index contributed by atoms with van der Waals surface area (Å²) in [5.74, 6) is 0. The highest BCUT2D eigenvalue weighted by molar-refractivity contribution is 9.10. The summed E-state index contributed by atoms with van der Waals surface area (Å²) in [5, 5.41) is 9.33.